The van der Waals surface area contributed by atoms with Crippen LogP contribution in [-0.2, 0) is 0 Å². The highest BCUT2D eigenvalue weighted by Gasteiger charge is 2.23. The summed E-state index contributed by atoms with van der Waals surface area (Å²) in [5, 5.41) is 4.30. The number of methoxy groups -OCH3 is 1. The van der Waals surface area contributed by atoms with Crippen molar-refractivity contribution < 1.29 is 9.53 Å². The summed E-state index contributed by atoms with van der Waals surface area (Å²) in [6.45, 7) is 2.30. The molecule has 1 heterocycles. The average Bonchev–Trinajstić information content (AvgIpc) is 2.56. The van der Waals surface area contributed by atoms with Crippen LogP contribution in [-0.4, -0.2) is 19.1 Å². The first-order chi connectivity index (χ1) is 9.52. The number of nitrogen functional groups attached to an aromatic ring is 1. The molecule has 0 radical (unpaired) electrons. The Morgan fingerprint density at radius 2 is 2.10 bits per heavy atom. The predicted octanol–water partition coefficient (Wildman–Crippen LogP) is 2.82. The van der Waals surface area contributed by atoms with Gasteiger partial charge >= 0.3 is 0 Å². The van der Waals surface area contributed by atoms with Gasteiger partial charge in [0.15, 0.2) is 5.75 Å². The van der Waals surface area contributed by atoms with Gasteiger partial charge in [0.1, 0.15) is 15.6 Å². The van der Waals surface area contributed by atoms with E-state index >= 15 is 0 Å². The van der Waals surface area contributed by atoms with Gasteiger partial charge in [-0.3, -0.25) is 4.79 Å². The van der Waals surface area contributed by atoms with E-state index in [1.807, 2.05) is 0 Å². The van der Waals surface area contributed by atoms with Crippen LogP contribution in [0.1, 0.15) is 48.7 Å². The Kier molecular flexibility index (Phi) is 4.75. The number of primary amides is 1. The molecule has 1 aromatic heterocycles. The van der Waals surface area contributed by atoms with Crippen molar-refractivity contribution in [1.82, 2.24) is 0 Å². The summed E-state index contributed by atoms with van der Waals surface area (Å²) in [4.78, 5) is 11.7. The second kappa shape index (κ2) is 6.35. The lowest BCUT2D eigenvalue weighted by atomic mass is 10.0. The van der Waals surface area contributed by atoms with E-state index in [0.29, 0.717) is 22.4 Å². The second-order valence-corrected chi connectivity index (χ2v) is 6.55. The number of rotatable bonds is 4. The zero-order valence-corrected chi connectivity index (χ0v) is 12.9. The molecule has 1 fully saturated rings. The molecule has 0 spiro atoms. The van der Waals surface area contributed by atoms with Gasteiger partial charge in [0, 0.05) is 6.04 Å². The van der Waals surface area contributed by atoms with Gasteiger partial charge in [-0.2, -0.15) is 0 Å². The SMILES string of the molecule is COc1c(NC2CCCC(C)CC2)sc(C(N)=O)c1N. The summed E-state index contributed by atoms with van der Waals surface area (Å²) in [5.74, 6) is 0.827. The zero-order valence-electron chi connectivity index (χ0n) is 12.1. The predicted molar refractivity (Wildman–Crippen MR) is 83.5 cm³/mol. The third-order valence-electron chi connectivity index (χ3n) is 3.92. The number of carbonyl (C=O) groups excluding carboxylic acids is 1. The second-order valence-electron chi connectivity index (χ2n) is 5.53. The van der Waals surface area contributed by atoms with Crippen LogP contribution in [0.4, 0.5) is 10.7 Å². The molecule has 6 heteroatoms. The topological polar surface area (TPSA) is 90.4 Å². The first kappa shape index (κ1) is 15.0. The maximum absolute atomic E-state index is 11.4. The lowest BCUT2D eigenvalue weighted by Crippen LogP contribution is -2.18. The highest BCUT2D eigenvalue weighted by atomic mass is 32.1. The molecule has 112 valence electrons. The van der Waals surface area contributed by atoms with Crippen LogP contribution < -0.4 is 21.5 Å². The molecule has 1 aromatic rings. The summed E-state index contributed by atoms with van der Waals surface area (Å²) in [5.41, 5.74) is 11.6. The Balaban J connectivity index is 2.16. The van der Waals surface area contributed by atoms with Crippen molar-refractivity contribution in [3.05, 3.63) is 4.88 Å². The minimum atomic E-state index is -0.506. The van der Waals surface area contributed by atoms with E-state index in [1.54, 1.807) is 7.11 Å². The number of nitrogens with two attached hydrogens (primary N) is 2. The molecular weight excluding hydrogens is 274 g/mol. The maximum Gasteiger partial charge on any atom is 0.261 e. The van der Waals surface area contributed by atoms with Crippen molar-refractivity contribution >= 4 is 27.9 Å². The first-order valence-electron chi connectivity index (χ1n) is 7.05. The first-order valence-corrected chi connectivity index (χ1v) is 7.87. The fourth-order valence-electron chi connectivity index (χ4n) is 2.73. The molecule has 2 unspecified atom stereocenters. The van der Waals surface area contributed by atoms with E-state index in [4.69, 9.17) is 16.2 Å². The molecule has 5 N–H and O–H groups in total. The summed E-state index contributed by atoms with van der Waals surface area (Å²) in [6, 6.07) is 0.410. The van der Waals surface area contributed by atoms with Gasteiger partial charge in [-0.15, -0.1) is 11.3 Å². The quantitative estimate of drug-likeness (QED) is 0.745. The van der Waals surface area contributed by atoms with Crippen LogP contribution in [0.3, 0.4) is 0 Å². The molecule has 20 heavy (non-hydrogen) atoms. The number of ether oxygens (including phenoxy) is 1. The van der Waals surface area contributed by atoms with Gasteiger partial charge in [-0.1, -0.05) is 19.8 Å². The summed E-state index contributed by atoms with van der Waals surface area (Å²) in [7, 11) is 1.56. The van der Waals surface area contributed by atoms with Crippen LogP contribution in [0.5, 0.6) is 5.75 Å². The van der Waals surface area contributed by atoms with Crippen molar-refractivity contribution in [3.8, 4) is 5.75 Å². The van der Waals surface area contributed by atoms with Gasteiger partial charge in [-0.25, -0.2) is 0 Å². The molecule has 0 aromatic carbocycles. The molecular formula is C14H23N3O2S. The normalized spacial score (nSPS) is 23.1. The van der Waals surface area contributed by atoms with Crippen LogP contribution in [0.15, 0.2) is 0 Å². The molecule has 1 aliphatic rings. The van der Waals surface area contributed by atoms with Gasteiger partial charge in [-0.05, 0) is 25.2 Å². The van der Waals surface area contributed by atoms with Crippen LogP contribution in [0.2, 0.25) is 0 Å². The smallest absolute Gasteiger partial charge is 0.261 e. The fraction of sp³-hybridized carbons (Fsp3) is 0.643. The van der Waals surface area contributed by atoms with Crippen LogP contribution in [0.25, 0.3) is 0 Å². The molecule has 2 rings (SSSR count). The molecule has 0 saturated heterocycles. The molecule has 1 aliphatic carbocycles. The summed E-state index contributed by atoms with van der Waals surface area (Å²) in [6.07, 6.45) is 6.01. The number of anilines is 2. The van der Waals surface area contributed by atoms with E-state index in [-0.39, 0.29) is 0 Å². The molecule has 5 nitrogen and oxygen atoms in total. The molecule has 2 atom stereocenters. The van der Waals surface area contributed by atoms with Gasteiger partial charge in [0.05, 0.1) is 7.11 Å². The fourth-order valence-corrected chi connectivity index (χ4v) is 3.75. The van der Waals surface area contributed by atoms with Crippen LogP contribution in [0, 0.1) is 5.92 Å². The number of carbonyl (C=O) groups is 1. The Morgan fingerprint density at radius 3 is 2.75 bits per heavy atom. The van der Waals surface area contributed by atoms with Gasteiger partial charge in [0.25, 0.3) is 5.91 Å². The molecule has 1 amide bonds. The monoisotopic (exact) mass is 297 g/mol. The zero-order chi connectivity index (χ0) is 14.7. The van der Waals surface area contributed by atoms with Crippen molar-refractivity contribution in [2.45, 2.75) is 45.1 Å². The van der Waals surface area contributed by atoms with E-state index in [2.05, 4.69) is 12.2 Å². The minimum absolute atomic E-state index is 0.342. The lowest BCUT2D eigenvalue weighted by molar-refractivity contribution is 0.100. The third kappa shape index (κ3) is 3.17. The highest BCUT2D eigenvalue weighted by molar-refractivity contribution is 7.19. The Labute approximate surface area is 123 Å². The van der Waals surface area contributed by atoms with E-state index < -0.39 is 5.91 Å². The molecule has 1 saturated carbocycles. The van der Waals surface area contributed by atoms with E-state index in [9.17, 15) is 4.79 Å². The van der Waals surface area contributed by atoms with Gasteiger partial charge in [0.2, 0.25) is 0 Å². The maximum atomic E-state index is 11.4. The lowest BCUT2D eigenvalue weighted by Gasteiger charge is -2.17. The Morgan fingerprint density at radius 1 is 1.35 bits per heavy atom. The van der Waals surface area contributed by atoms with Crippen molar-refractivity contribution in [2.75, 3.05) is 18.2 Å². The Hall–Kier alpha value is -1.43. The number of hydrogen-bond acceptors (Lipinski definition) is 5. The van der Waals surface area contributed by atoms with E-state index in [0.717, 1.165) is 23.8 Å². The van der Waals surface area contributed by atoms with Gasteiger partial charge < -0.3 is 21.5 Å². The average molecular weight is 297 g/mol. The minimum Gasteiger partial charge on any atom is -0.492 e. The van der Waals surface area contributed by atoms with Crippen LogP contribution >= 0.6 is 11.3 Å². The molecule has 0 aliphatic heterocycles. The van der Waals surface area contributed by atoms with Crippen molar-refractivity contribution in [1.29, 1.82) is 0 Å². The van der Waals surface area contributed by atoms with Crippen molar-refractivity contribution in [2.24, 2.45) is 11.7 Å². The summed E-state index contributed by atoms with van der Waals surface area (Å²) < 4.78 is 5.32. The third-order valence-corrected chi connectivity index (χ3v) is 5.05. The highest BCUT2D eigenvalue weighted by Crippen LogP contribution is 2.43. The standard InChI is InChI=1S/C14H23N3O2S/c1-8-4-3-5-9(7-6-8)17-14-11(19-2)10(15)12(20-14)13(16)18/h8-9,17H,3-7,15H2,1-2H3,(H2,16,18). The number of nitrogens with one attached hydrogen (secondary N) is 1. The van der Waals surface area contributed by atoms with Crippen molar-refractivity contribution in [3.63, 3.8) is 0 Å². The molecule has 0 bridgehead atoms. The number of hydrogen-bond donors (Lipinski definition) is 3. The Bertz CT molecular complexity index is 487. The largest absolute Gasteiger partial charge is 0.492 e. The number of thiophene rings is 1. The van der Waals surface area contributed by atoms with E-state index in [1.165, 1.54) is 30.6 Å². The number of amides is 1. The summed E-state index contributed by atoms with van der Waals surface area (Å²) >= 11 is 1.28.